The van der Waals surface area contributed by atoms with E-state index in [2.05, 4.69) is 15.8 Å². The molecule has 0 aliphatic carbocycles. The van der Waals surface area contributed by atoms with Crippen LogP contribution in [0.5, 0.6) is 0 Å². The molecule has 2 amide bonds. The van der Waals surface area contributed by atoms with Crippen LogP contribution in [0.3, 0.4) is 0 Å². The van der Waals surface area contributed by atoms with Crippen molar-refractivity contribution >= 4 is 11.8 Å². The topological polar surface area (TPSA) is 84.2 Å². The Hall–Kier alpha value is -1.85. The van der Waals surface area contributed by atoms with E-state index in [1.807, 2.05) is 0 Å². The Morgan fingerprint density at radius 1 is 1.25 bits per heavy atom. The standard InChI is InChI=1S/C10H15N3O3/c1-6-9(7(2)16-13-6)10(15)12-5-4-11-8(3)14/h4-5H2,1-3H3,(H,11,14)(H,12,15). The first-order chi connectivity index (χ1) is 7.52. The van der Waals surface area contributed by atoms with Gasteiger partial charge in [-0.3, -0.25) is 9.59 Å². The van der Waals surface area contributed by atoms with Crippen molar-refractivity contribution in [2.45, 2.75) is 20.8 Å². The zero-order valence-corrected chi connectivity index (χ0v) is 9.59. The minimum absolute atomic E-state index is 0.119. The summed E-state index contributed by atoms with van der Waals surface area (Å²) in [7, 11) is 0. The first-order valence-electron chi connectivity index (χ1n) is 4.98. The molecule has 0 unspecified atom stereocenters. The Labute approximate surface area is 93.4 Å². The highest BCUT2D eigenvalue weighted by Gasteiger charge is 2.16. The summed E-state index contributed by atoms with van der Waals surface area (Å²) in [5.74, 6) is 0.141. The molecular weight excluding hydrogens is 210 g/mol. The maximum atomic E-state index is 11.7. The molecule has 2 N–H and O–H groups in total. The van der Waals surface area contributed by atoms with Crippen molar-refractivity contribution in [3.63, 3.8) is 0 Å². The molecule has 0 aliphatic rings. The second kappa shape index (κ2) is 5.29. The highest BCUT2D eigenvalue weighted by atomic mass is 16.5. The molecule has 0 fully saturated rings. The molecule has 0 saturated carbocycles. The maximum Gasteiger partial charge on any atom is 0.256 e. The van der Waals surface area contributed by atoms with Crippen molar-refractivity contribution in [1.82, 2.24) is 15.8 Å². The quantitative estimate of drug-likeness (QED) is 0.715. The van der Waals surface area contributed by atoms with Crippen LogP contribution in [0.25, 0.3) is 0 Å². The number of carbonyl (C=O) groups is 2. The lowest BCUT2D eigenvalue weighted by Gasteiger charge is -2.04. The summed E-state index contributed by atoms with van der Waals surface area (Å²) >= 11 is 0. The van der Waals surface area contributed by atoms with Gasteiger partial charge < -0.3 is 15.2 Å². The summed E-state index contributed by atoms with van der Waals surface area (Å²) in [4.78, 5) is 22.2. The predicted molar refractivity (Wildman–Crippen MR) is 57.0 cm³/mol. The lowest BCUT2D eigenvalue weighted by atomic mass is 10.2. The summed E-state index contributed by atoms with van der Waals surface area (Å²) in [5.41, 5.74) is 1.03. The summed E-state index contributed by atoms with van der Waals surface area (Å²) < 4.78 is 4.88. The van der Waals surface area contributed by atoms with Crippen LogP contribution in [0, 0.1) is 13.8 Å². The molecule has 16 heavy (non-hydrogen) atoms. The zero-order chi connectivity index (χ0) is 12.1. The van der Waals surface area contributed by atoms with Crippen LogP contribution in [-0.2, 0) is 4.79 Å². The van der Waals surface area contributed by atoms with Gasteiger partial charge in [0.05, 0.1) is 5.69 Å². The molecule has 0 radical (unpaired) electrons. The van der Waals surface area contributed by atoms with E-state index in [-0.39, 0.29) is 11.8 Å². The molecule has 6 heteroatoms. The van der Waals surface area contributed by atoms with Gasteiger partial charge in [0.1, 0.15) is 11.3 Å². The number of aromatic nitrogens is 1. The largest absolute Gasteiger partial charge is 0.361 e. The van der Waals surface area contributed by atoms with Crippen molar-refractivity contribution < 1.29 is 14.1 Å². The number of hydrogen-bond acceptors (Lipinski definition) is 4. The summed E-state index contributed by atoms with van der Waals surface area (Å²) in [6.45, 7) is 5.60. The fourth-order valence-corrected chi connectivity index (χ4v) is 1.31. The molecule has 0 saturated heterocycles. The minimum Gasteiger partial charge on any atom is -0.361 e. The summed E-state index contributed by atoms with van der Waals surface area (Å²) in [6.07, 6.45) is 0. The first kappa shape index (κ1) is 12.2. The molecule has 0 aliphatic heterocycles. The number of hydrogen-bond donors (Lipinski definition) is 2. The molecule has 0 aromatic carbocycles. The second-order valence-electron chi connectivity index (χ2n) is 3.44. The van der Waals surface area contributed by atoms with E-state index in [4.69, 9.17) is 4.52 Å². The van der Waals surface area contributed by atoms with Gasteiger partial charge in [0.25, 0.3) is 5.91 Å². The number of rotatable bonds is 4. The Morgan fingerprint density at radius 3 is 2.38 bits per heavy atom. The Balaban J connectivity index is 2.44. The highest BCUT2D eigenvalue weighted by Crippen LogP contribution is 2.11. The molecule has 0 spiro atoms. The van der Waals surface area contributed by atoms with Gasteiger partial charge in [-0.15, -0.1) is 0 Å². The van der Waals surface area contributed by atoms with Gasteiger partial charge in [0.15, 0.2) is 0 Å². The van der Waals surface area contributed by atoms with Crippen LogP contribution >= 0.6 is 0 Å². The molecule has 0 atom stereocenters. The monoisotopic (exact) mass is 225 g/mol. The molecule has 88 valence electrons. The second-order valence-corrected chi connectivity index (χ2v) is 3.44. The average molecular weight is 225 g/mol. The third-order valence-corrected chi connectivity index (χ3v) is 2.04. The first-order valence-corrected chi connectivity index (χ1v) is 4.98. The zero-order valence-electron chi connectivity index (χ0n) is 9.59. The number of nitrogens with one attached hydrogen (secondary N) is 2. The molecule has 1 aromatic heterocycles. The van der Waals surface area contributed by atoms with Crippen molar-refractivity contribution in [3.05, 3.63) is 17.0 Å². The third-order valence-electron chi connectivity index (χ3n) is 2.04. The highest BCUT2D eigenvalue weighted by molar-refractivity contribution is 5.96. The third kappa shape index (κ3) is 3.08. The van der Waals surface area contributed by atoms with E-state index in [1.54, 1.807) is 13.8 Å². The van der Waals surface area contributed by atoms with E-state index in [0.717, 1.165) is 0 Å². The smallest absolute Gasteiger partial charge is 0.256 e. The fraction of sp³-hybridized carbons (Fsp3) is 0.500. The average Bonchev–Trinajstić information content (AvgIpc) is 2.53. The molecule has 1 heterocycles. The van der Waals surface area contributed by atoms with Crippen molar-refractivity contribution in [1.29, 1.82) is 0 Å². The van der Waals surface area contributed by atoms with Gasteiger partial charge in [0.2, 0.25) is 5.91 Å². The van der Waals surface area contributed by atoms with Crippen molar-refractivity contribution in [2.75, 3.05) is 13.1 Å². The summed E-state index contributed by atoms with van der Waals surface area (Å²) in [6, 6.07) is 0. The molecule has 1 rings (SSSR count). The SMILES string of the molecule is CC(=O)NCCNC(=O)c1c(C)noc1C. The van der Waals surface area contributed by atoms with Crippen LogP contribution in [0.2, 0.25) is 0 Å². The van der Waals surface area contributed by atoms with Crippen LogP contribution in [0.15, 0.2) is 4.52 Å². The van der Waals surface area contributed by atoms with Crippen LogP contribution < -0.4 is 10.6 Å². The molecule has 0 bridgehead atoms. The number of aryl methyl sites for hydroxylation is 2. The van der Waals surface area contributed by atoms with Gasteiger partial charge >= 0.3 is 0 Å². The molecule has 6 nitrogen and oxygen atoms in total. The number of nitrogens with zero attached hydrogens (tertiary/aromatic N) is 1. The Kier molecular flexibility index (Phi) is 4.04. The van der Waals surface area contributed by atoms with Crippen LogP contribution in [-0.4, -0.2) is 30.1 Å². The lowest BCUT2D eigenvalue weighted by molar-refractivity contribution is -0.118. The maximum absolute atomic E-state index is 11.7. The van der Waals surface area contributed by atoms with E-state index < -0.39 is 0 Å². The van der Waals surface area contributed by atoms with Crippen molar-refractivity contribution in [3.8, 4) is 0 Å². The Bertz CT molecular complexity index is 379. The van der Waals surface area contributed by atoms with Crippen LogP contribution in [0.4, 0.5) is 0 Å². The van der Waals surface area contributed by atoms with E-state index in [0.29, 0.717) is 30.1 Å². The van der Waals surface area contributed by atoms with E-state index in [1.165, 1.54) is 6.92 Å². The molecule has 1 aromatic rings. The van der Waals surface area contributed by atoms with Gasteiger partial charge in [-0.1, -0.05) is 5.16 Å². The summed E-state index contributed by atoms with van der Waals surface area (Å²) in [5, 5.41) is 8.94. The predicted octanol–water partition coefficient (Wildman–Crippen LogP) is 0.157. The number of amides is 2. The number of carbonyl (C=O) groups excluding carboxylic acids is 2. The van der Waals surface area contributed by atoms with Crippen LogP contribution in [0.1, 0.15) is 28.7 Å². The van der Waals surface area contributed by atoms with Gasteiger partial charge in [-0.05, 0) is 13.8 Å². The van der Waals surface area contributed by atoms with Crippen molar-refractivity contribution in [2.24, 2.45) is 0 Å². The normalized spacial score (nSPS) is 9.94. The van der Waals surface area contributed by atoms with E-state index >= 15 is 0 Å². The lowest BCUT2D eigenvalue weighted by Crippen LogP contribution is -2.34. The van der Waals surface area contributed by atoms with Gasteiger partial charge in [-0.25, -0.2) is 0 Å². The Morgan fingerprint density at radius 2 is 1.88 bits per heavy atom. The van der Waals surface area contributed by atoms with Gasteiger partial charge in [0, 0.05) is 20.0 Å². The fourth-order valence-electron chi connectivity index (χ4n) is 1.31. The minimum atomic E-state index is -0.235. The van der Waals surface area contributed by atoms with Gasteiger partial charge in [-0.2, -0.15) is 0 Å². The van der Waals surface area contributed by atoms with E-state index in [9.17, 15) is 9.59 Å². The molecular formula is C10H15N3O3.